The van der Waals surface area contributed by atoms with E-state index in [4.69, 9.17) is 24.2 Å². The van der Waals surface area contributed by atoms with Crippen molar-refractivity contribution in [2.75, 3.05) is 31.0 Å². The van der Waals surface area contributed by atoms with Crippen molar-refractivity contribution in [3.63, 3.8) is 0 Å². The number of rotatable bonds is 11. The lowest BCUT2D eigenvalue weighted by atomic mass is 10.1. The van der Waals surface area contributed by atoms with Gasteiger partial charge in [-0.3, -0.25) is 0 Å². The summed E-state index contributed by atoms with van der Waals surface area (Å²) >= 11 is 0. The quantitative estimate of drug-likeness (QED) is 0.168. The number of ether oxygens (including phenoxy) is 3. The van der Waals surface area contributed by atoms with Crippen LogP contribution < -0.4 is 15.4 Å². The molecular formula is C31H30N4O5. The van der Waals surface area contributed by atoms with Crippen LogP contribution >= 0.6 is 0 Å². The molecule has 0 saturated carbocycles. The zero-order valence-corrected chi connectivity index (χ0v) is 22.6. The van der Waals surface area contributed by atoms with E-state index < -0.39 is 11.9 Å². The fraction of sp³-hybridized carbons (Fsp3) is 0.161. The van der Waals surface area contributed by atoms with Gasteiger partial charge < -0.3 is 24.8 Å². The molecule has 0 aliphatic rings. The van der Waals surface area contributed by atoms with Gasteiger partial charge in [0.05, 0.1) is 42.5 Å². The fourth-order valence-corrected chi connectivity index (χ4v) is 3.79. The molecule has 0 unspecified atom stereocenters. The van der Waals surface area contributed by atoms with Crippen LogP contribution in [0.4, 0.5) is 23.0 Å². The molecule has 0 saturated heterocycles. The summed E-state index contributed by atoms with van der Waals surface area (Å²) in [6.07, 6.45) is 0. The van der Waals surface area contributed by atoms with Crippen LogP contribution in [0, 0.1) is 0 Å². The van der Waals surface area contributed by atoms with Crippen molar-refractivity contribution in [3.05, 3.63) is 91.0 Å². The number of nitrogens with one attached hydrogen (secondary N) is 2. The van der Waals surface area contributed by atoms with Gasteiger partial charge in [0, 0.05) is 17.4 Å². The molecule has 0 amide bonds. The molecular weight excluding hydrogens is 508 g/mol. The third kappa shape index (κ3) is 6.44. The predicted molar refractivity (Wildman–Crippen MR) is 157 cm³/mol. The van der Waals surface area contributed by atoms with Gasteiger partial charge in [0.15, 0.2) is 11.6 Å². The third-order valence-corrected chi connectivity index (χ3v) is 5.91. The van der Waals surface area contributed by atoms with Crippen molar-refractivity contribution in [1.29, 1.82) is 0 Å². The van der Waals surface area contributed by atoms with E-state index in [-0.39, 0.29) is 24.4 Å². The van der Waals surface area contributed by atoms with Gasteiger partial charge in [-0.25, -0.2) is 19.6 Å². The Labute approximate surface area is 232 Å². The van der Waals surface area contributed by atoms with Crippen LogP contribution in [0.25, 0.3) is 22.2 Å². The highest BCUT2D eigenvalue weighted by atomic mass is 16.5. The number of nitrogens with zero attached hydrogens (tertiary/aromatic N) is 2. The summed E-state index contributed by atoms with van der Waals surface area (Å²) in [4.78, 5) is 33.6. The first kappa shape index (κ1) is 27.8. The minimum atomic E-state index is -0.458. The molecule has 2 N–H and O–H groups in total. The Morgan fingerprint density at radius 3 is 1.57 bits per heavy atom. The predicted octanol–water partition coefficient (Wildman–Crippen LogP) is 6.28. The lowest BCUT2D eigenvalue weighted by Gasteiger charge is -2.15. The molecule has 204 valence electrons. The van der Waals surface area contributed by atoms with E-state index in [1.165, 1.54) is 0 Å². The molecule has 1 heterocycles. The molecule has 0 aliphatic carbocycles. The Bertz CT molecular complexity index is 1560. The number of hydrogen-bond acceptors (Lipinski definition) is 9. The molecule has 0 spiro atoms. The lowest BCUT2D eigenvalue weighted by molar-refractivity contribution is -0.136. The Kier molecular flexibility index (Phi) is 8.75. The van der Waals surface area contributed by atoms with Gasteiger partial charge in [0.2, 0.25) is 0 Å². The molecule has 0 aliphatic heterocycles. The summed E-state index contributed by atoms with van der Waals surface area (Å²) in [6, 6.07) is 19.8. The highest BCUT2D eigenvalue weighted by molar-refractivity contribution is 6.16. The van der Waals surface area contributed by atoms with Gasteiger partial charge in [-0.15, -0.1) is 0 Å². The molecule has 3 aromatic carbocycles. The monoisotopic (exact) mass is 538 g/mol. The maximum atomic E-state index is 12.0. The number of methoxy groups -OCH3 is 1. The van der Waals surface area contributed by atoms with Crippen molar-refractivity contribution >= 4 is 57.1 Å². The minimum Gasteiger partial charge on any atom is -0.497 e. The maximum absolute atomic E-state index is 12.0. The van der Waals surface area contributed by atoms with E-state index in [0.717, 1.165) is 11.4 Å². The zero-order chi connectivity index (χ0) is 28.6. The first-order valence-electron chi connectivity index (χ1n) is 12.7. The number of fused-ring (bicyclic) bond motifs is 1. The fourth-order valence-electron chi connectivity index (χ4n) is 3.79. The van der Waals surface area contributed by atoms with Crippen LogP contribution in [0.3, 0.4) is 0 Å². The van der Waals surface area contributed by atoms with E-state index in [0.29, 0.717) is 39.5 Å². The Morgan fingerprint density at radius 2 is 1.15 bits per heavy atom. The lowest BCUT2D eigenvalue weighted by Crippen LogP contribution is -2.06. The smallest absolute Gasteiger partial charge is 0.338 e. The second-order valence-corrected chi connectivity index (χ2v) is 8.58. The molecule has 0 radical (unpaired) electrons. The van der Waals surface area contributed by atoms with Crippen molar-refractivity contribution in [2.24, 2.45) is 0 Å². The number of aromatic nitrogens is 2. The van der Waals surface area contributed by atoms with Crippen LogP contribution in [0.15, 0.2) is 79.9 Å². The average Bonchev–Trinajstić information content (AvgIpc) is 2.97. The van der Waals surface area contributed by atoms with Gasteiger partial charge in [0.25, 0.3) is 0 Å². The van der Waals surface area contributed by atoms with Gasteiger partial charge in [-0.2, -0.15) is 0 Å². The topological polar surface area (TPSA) is 112 Å². The van der Waals surface area contributed by atoms with E-state index in [9.17, 15) is 9.59 Å². The van der Waals surface area contributed by atoms with E-state index in [1.54, 1.807) is 51.3 Å². The normalized spacial score (nSPS) is 10.5. The molecule has 0 atom stereocenters. The number of hydrogen-bond donors (Lipinski definition) is 2. The second kappa shape index (κ2) is 12.6. The molecule has 9 heteroatoms. The van der Waals surface area contributed by atoms with E-state index >= 15 is 0 Å². The van der Waals surface area contributed by atoms with E-state index in [2.05, 4.69) is 23.8 Å². The summed E-state index contributed by atoms with van der Waals surface area (Å²) in [5, 5.41) is 6.61. The Balaban J connectivity index is 1.63. The summed E-state index contributed by atoms with van der Waals surface area (Å²) < 4.78 is 15.4. The van der Waals surface area contributed by atoms with Crippen molar-refractivity contribution in [3.8, 4) is 5.75 Å². The summed E-state index contributed by atoms with van der Waals surface area (Å²) in [5.41, 5.74) is 4.63. The van der Waals surface area contributed by atoms with Crippen LogP contribution in [-0.2, 0) is 19.1 Å². The summed E-state index contributed by atoms with van der Waals surface area (Å²) in [7, 11) is 1.59. The van der Waals surface area contributed by atoms with Gasteiger partial charge in [-0.1, -0.05) is 37.4 Å². The second-order valence-electron chi connectivity index (χ2n) is 8.58. The number of carbonyl (C=O) groups excluding carboxylic acids is 2. The first-order chi connectivity index (χ1) is 19.3. The summed E-state index contributed by atoms with van der Waals surface area (Å²) in [6.45, 7) is 11.7. The molecule has 9 nitrogen and oxygen atoms in total. The Morgan fingerprint density at radius 1 is 0.700 bits per heavy atom. The molecule has 4 rings (SSSR count). The van der Waals surface area contributed by atoms with Gasteiger partial charge >= 0.3 is 11.9 Å². The number of anilines is 4. The maximum Gasteiger partial charge on any atom is 0.338 e. The van der Waals surface area contributed by atoms with E-state index in [1.807, 2.05) is 36.4 Å². The zero-order valence-electron chi connectivity index (χ0n) is 22.6. The highest BCUT2D eigenvalue weighted by Gasteiger charge is 2.14. The van der Waals surface area contributed by atoms with Crippen LogP contribution in [0.1, 0.15) is 25.0 Å². The largest absolute Gasteiger partial charge is 0.497 e. The van der Waals surface area contributed by atoms with Crippen LogP contribution in [-0.4, -0.2) is 42.2 Å². The number of benzene rings is 3. The van der Waals surface area contributed by atoms with Crippen molar-refractivity contribution in [2.45, 2.75) is 13.8 Å². The molecule has 0 fully saturated rings. The molecule has 0 bridgehead atoms. The van der Waals surface area contributed by atoms with Gasteiger partial charge in [-0.05, 0) is 61.4 Å². The highest BCUT2D eigenvalue weighted by Crippen LogP contribution is 2.30. The average molecular weight is 539 g/mol. The third-order valence-electron chi connectivity index (χ3n) is 5.91. The SMILES string of the molecule is C=C(C(=O)OCC)c1ccc(Nc2nc3ccc(OC)cc3nc2Nc2ccc(C(=C)C(=O)OCC)cc2)cc1. The number of carbonyl (C=O) groups is 2. The van der Waals surface area contributed by atoms with Crippen LogP contribution in [0.5, 0.6) is 5.75 Å². The summed E-state index contributed by atoms with van der Waals surface area (Å²) in [5.74, 6) is 0.698. The van der Waals surface area contributed by atoms with Crippen molar-refractivity contribution < 1.29 is 23.8 Å². The first-order valence-corrected chi connectivity index (χ1v) is 12.7. The van der Waals surface area contributed by atoms with Gasteiger partial charge in [0.1, 0.15) is 5.75 Å². The minimum absolute atomic E-state index is 0.279. The van der Waals surface area contributed by atoms with Crippen molar-refractivity contribution in [1.82, 2.24) is 9.97 Å². The molecule has 40 heavy (non-hydrogen) atoms. The molecule has 1 aromatic heterocycles. The molecule has 4 aromatic rings. The number of esters is 2. The van der Waals surface area contributed by atoms with Crippen LogP contribution in [0.2, 0.25) is 0 Å². The Hall–Kier alpha value is -5.18. The standard InChI is InChI=1S/C31H30N4O5/c1-6-39-30(36)19(3)21-8-12-23(13-9-21)32-28-29(35-27-18-25(38-5)16-17-26(27)34-28)33-24-14-10-22(11-15-24)20(4)31(37)40-7-2/h8-18H,3-4,6-7H2,1-2,5H3,(H,32,34)(H,33,35).